The summed E-state index contributed by atoms with van der Waals surface area (Å²) in [6.45, 7) is 6.74. The van der Waals surface area contributed by atoms with Crippen LogP contribution < -0.4 is 15.4 Å². The molecule has 1 aromatic heterocycles. The number of amides is 3. The summed E-state index contributed by atoms with van der Waals surface area (Å²) in [6.07, 6.45) is 2.34. The smallest absolute Gasteiger partial charge is 0.410 e. The maximum Gasteiger partial charge on any atom is 0.410 e. The maximum absolute atomic E-state index is 12.8. The molecule has 0 aliphatic carbocycles. The average molecular weight is 469 g/mol. The van der Waals surface area contributed by atoms with Crippen LogP contribution in [0.4, 0.5) is 10.5 Å². The molecule has 1 saturated heterocycles. The van der Waals surface area contributed by atoms with Gasteiger partial charge in [-0.25, -0.2) is 9.78 Å². The zero-order chi connectivity index (χ0) is 24.7. The van der Waals surface area contributed by atoms with Gasteiger partial charge >= 0.3 is 6.09 Å². The number of nitrogens with one attached hydrogen (secondary N) is 2. The molecule has 1 fully saturated rings. The fraction of sp³-hybridized carbons (Fsp3) is 0.440. The van der Waals surface area contributed by atoms with E-state index in [-0.39, 0.29) is 36.1 Å². The van der Waals surface area contributed by atoms with Gasteiger partial charge in [-0.15, -0.1) is 0 Å². The normalized spacial score (nSPS) is 14.3. The fourth-order valence-corrected chi connectivity index (χ4v) is 3.65. The van der Waals surface area contributed by atoms with E-state index < -0.39 is 5.60 Å². The standard InChI is InChI=1S/C25H32N4O5/c1-25(2,3)34-24(32)29-13-10-18(11-14-29)22(30)28-19-8-5-7-17(15-19)16-27-23(31)21-20(33-4)9-6-12-26-21/h5-9,12,15,18H,10-11,13-14,16H2,1-4H3,(H,27,31)(H,28,30). The summed E-state index contributed by atoms with van der Waals surface area (Å²) in [5.74, 6) is -0.204. The van der Waals surface area contributed by atoms with Crippen LogP contribution in [0.5, 0.6) is 5.75 Å². The number of methoxy groups -OCH3 is 1. The Kier molecular flexibility index (Phi) is 8.09. The van der Waals surface area contributed by atoms with Crippen molar-refractivity contribution in [1.82, 2.24) is 15.2 Å². The number of anilines is 1. The minimum Gasteiger partial charge on any atom is -0.494 e. The first-order chi connectivity index (χ1) is 16.2. The molecule has 182 valence electrons. The second-order valence-electron chi connectivity index (χ2n) is 9.17. The Balaban J connectivity index is 1.51. The molecule has 34 heavy (non-hydrogen) atoms. The largest absolute Gasteiger partial charge is 0.494 e. The molecule has 3 amide bonds. The Morgan fingerprint density at radius 3 is 2.53 bits per heavy atom. The van der Waals surface area contributed by atoms with E-state index in [1.165, 1.54) is 13.3 Å². The molecule has 1 aliphatic heterocycles. The van der Waals surface area contributed by atoms with Gasteiger partial charge in [0.05, 0.1) is 7.11 Å². The molecule has 1 aliphatic rings. The minimum atomic E-state index is -0.542. The number of carbonyl (C=O) groups excluding carboxylic acids is 3. The van der Waals surface area contributed by atoms with Crippen LogP contribution in [0.1, 0.15) is 49.7 Å². The summed E-state index contributed by atoms with van der Waals surface area (Å²) in [4.78, 5) is 43.2. The van der Waals surface area contributed by atoms with Gasteiger partial charge < -0.3 is 25.0 Å². The molecular formula is C25H32N4O5. The van der Waals surface area contributed by atoms with Crippen molar-refractivity contribution in [3.8, 4) is 5.75 Å². The lowest BCUT2D eigenvalue weighted by Gasteiger charge is -2.32. The molecule has 3 rings (SSSR count). The van der Waals surface area contributed by atoms with Crippen LogP contribution in [0.3, 0.4) is 0 Å². The van der Waals surface area contributed by atoms with Crippen LogP contribution in [-0.4, -0.2) is 53.6 Å². The first kappa shape index (κ1) is 25.0. The summed E-state index contributed by atoms with van der Waals surface area (Å²) < 4.78 is 10.6. The van der Waals surface area contributed by atoms with Gasteiger partial charge in [0.2, 0.25) is 5.91 Å². The van der Waals surface area contributed by atoms with Crippen molar-refractivity contribution in [3.63, 3.8) is 0 Å². The van der Waals surface area contributed by atoms with Crippen molar-refractivity contribution in [2.75, 3.05) is 25.5 Å². The topological polar surface area (TPSA) is 110 Å². The van der Waals surface area contributed by atoms with Crippen molar-refractivity contribution < 1.29 is 23.9 Å². The summed E-state index contributed by atoms with van der Waals surface area (Å²) in [5.41, 5.74) is 1.16. The van der Waals surface area contributed by atoms with Gasteiger partial charge in [-0.1, -0.05) is 12.1 Å². The predicted molar refractivity (Wildman–Crippen MR) is 128 cm³/mol. The highest BCUT2D eigenvalue weighted by Crippen LogP contribution is 2.22. The molecule has 0 bridgehead atoms. The van der Waals surface area contributed by atoms with Crippen LogP contribution in [0, 0.1) is 5.92 Å². The third-order valence-electron chi connectivity index (χ3n) is 5.37. The number of hydrogen-bond donors (Lipinski definition) is 2. The minimum absolute atomic E-state index is 0.0803. The lowest BCUT2D eigenvalue weighted by atomic mass is 9.96. The lowest BCUT2D eigenvalue weighted by molar-refractivity contribution is -0.121. The van der Waals surface area contributed by atoms with Gasteiger partial charge in [0.1, 0.15) is 11.4 Å². The Morgan fingerprint density at radius 2 is 1.85 bits per heavy atom. The zero-order valence-corrected chi connectivity index (χ0v) is 20.1. The highest BCUT2D eigenvalue weighted by atomic mass is 16.6. The summed E-state index contributed by atoms with van der Waals surface area (Å²) in [5, 5.41) is 5.78. The van der Waals surface area contributed by atoms with E-state index in [0.29, 0.717) is 37.4 Å². The molecule has 0 radical (unpaired) electrons. The summed E-state index contributed by atoms with van der Waals surface area (Å²) in [6, 6.07) is 10.7. The van der Waals surface area contributed by atoms with Crippen molar-refractivity contribution >= 4 is 23.6 Å². The van der Waals surface area contributed by atoms with E-state index in [1.54, 1.807) is 23.1 Å². The van der Waals surface area contributed by atoms with E-state index in [4.69, 9.17) is 9.47 Å². The first-order valence-electron chi connectivity index (χ1n) is 11.3. The van der Waals surface area contributed by atoms with E-state index in [9.17, 15) is 14.4 Å². The number of pyridine rings is 1. The monoisotopic (exact) mass is 468 g/mol. The Bertz CT molecular complexity index is 1030. The summed E-state index contributed by atoms with van der Waals surface area (Å²) >= 11 is 0. The van der Waals surface area contributed by atoms with Crippen molar-refractivity contribution in [1.29, 1.82) is 0 Å². The summed E-state index contributed by atoms with van der Waals surface area (Å²) in [7, 11) is 1.49. The van der Waals surface area contributed by atoms with E-state index in [2.05, 4.69) is 15.6 Å². The Morgan fingerprint density at radius 1 is 1.12 bits per heavy atom. The van der Waals surface area contributed by atoms with Gasteiger partial charge in [-0.2, -0.15) is 0 Å². The van der Waals surface area contributed by atoms with Crippen LogP contribution in [0.2, 0.25) is 0 Å². The highest BCUT2D eigenvalue weighted by Gasteiger charge is 2.30. The Hall–Kier alpha value is -3.62. The number of rotatable bonds is 6. The van der Waals surface area contributed by atoms with E-state index >= 15 is 0 Å². The molecule has 0 saturated carbocycles. The van der Waals surface area contributed by atoms with Crippen molar-refractivity contribution in [3.05, 3.63) is 53.9 Å². The number of aromatic nitrogens is 1. The second-order valence-corrected chi connectivity index (χ2v) is 9.17. The van der Waals surface area contributed by atoms with Crippen LogP contribution in [-0.2, 0) is 16.1 Å². The van der Waals surface area contributed by atoms with Gasteiger partial charge in [0, 0.05) is 37.4 Å². The van der Waals surface area contributed by atoms with Gasteiger partial charge in [-0.05, 0) is 63.4 Å². The number of nitrogens with zero attached hydrogens (tertiary/aromatic N) is 2. The van der Waals surface area contributed by atoms with Crippen molar-refractivity contribution in [2.45, 2.75) is 45.8 Å². The average Bonchev–Trinajstić information content (AvgIpc) is 2.81. The van der Waals surface area contributed by atoms with E-state index in [1.807, 2.05) is 39.0 Å². The maximum atomic E-state index is 12.8. The molecule has 0 unspecified atom stereocenters. The molecule has 9 heteroatoms. The molecule has 2 N–H and O–H groups in total. The number of piperidine rings is 1. The second kappa shape index (κ2) is 11.0. The SMILES string of the molecule is COc1cccnc1C(=O)NCc1cccc(NC(=O)C2CCN(C(=O)OC(C)(C)C)CC2)c1. The highest BCUT2D eigenvalue weighted by molar-refractivity contribution is 5.95. The first-order valence-corrected chi connectivity index (χ1v) is 11.3. The quantitative estimate of drug-likeness (QED) is 0.670. The lowest BCUT2D eigenvalue weighted by Crippen LogP contribution is -2.43. The molecule has 9 nitrogen and oxygen atoms in total. The molecule has 2 aromatic rings. The predicted octanol–water partition coefficient (Wildman–Crippen LogP) is 3.61. The van der Waals surface area contributed by atoms with Gasteiger partial charge in [0.25, 0.3) is 5.91 Å². The zero-order valence-electron chi connectivity index (χ0n) is 20.1. The van der Waals surface area contributed by atoms with Gasteiger partial charge in [0.15, 0.2) is 5.69 Å². The molecule has 1 aromatic carbocycles. The van der Waals surface area contributed by atoms with Crippen LogP contribution in [0.25, 0.3) is 0 Å². The molecule has 2 heterocycles. The van der Waals surface area contributed by atoms with E-state index in [0.717, 1.165) is 5.56 Å². The van der Waals surface area contributed by atoms with Crippen LogP contribution in [0.15, 0.2) is 42.6 Å². The van der Waals surface area contributed by atoms with Crippen molar-refractivity contribution in [2.24, 2.45) is 5.92 Å². The number of ether oxygens (including phenoxy) is 2. The van der Waals surface area contributed by atoms with Gasteiger partial charge in [-0.3, -0.25) is 9.59 Å². The Labute approximate surface area is 199 Å². The third-order valence-corrected chi connectivity index (χ3v) is 5.37. The number of hydrogen-bond acceptors (Lipinski definition) is 6. The number of likely N-dealkylation sites (tertiary alicyclic amines) is 1. The fourth-order valence-electron chi connectivity index (χ4n) is 3.65. The molecule has 0 spiro atoms. The van der Waals surface area contributed by atoms with Crippen LogP contribution >= 0.6 is 0 Å². The number of benzene rings is 1. The number of carbonyl (C=O) groups is 3. The molecule has 0 atom stereocenters. The molecular weight excluding hydrogens is 436 g/mol. The third kappa shape index (κ3) is 6.94.